The van der Waals surface area contributed by atoms with Crippen molar-refractivity contribution in [1.29, 1.82) is 0 Å². The summed E-state index contributed by atoms with van der Waals surface area (Å²) in [6, 6.07) is -2.31. The van der Waals surface area contributed by atoms with Crippen molar-refractivity contribution in [3.63, 3.8) is 0 Å². The molecule has 0 saturated heterocycles. The second-order valence-corrected chi connectivity index (χ2v) is 15.7. The first-order chi connectivity index (χ1) is 27.8. The third-order valence-corrected chi connectivity index (χ3v) is 9.45. The normalized spacial score (nSPS) is 12.8. The summed E-state index contributed by atoms with van der Waals surface area (Å²) in [5.74, 6) is -0.872. The fourth-order valence-electron chi connectivity index (χ4n) is 5.71. The van der Waals surface area contributed by atoms with Crippen LogP contribution < -0.4 is 21.3 Å². The number of hydrogen-bond donors (Lipinski definition) is 4. The molecule has 0 aromatic rings. The van der Waals surface area contributed by atoms with Gasteiger partial charge in [0.15, 0.2) is 0 Å². The van der Waals surface area contributed by atoms with Crippen LogP contribution in [0.1, 0.15) is 232 Å². The number of rotatable bonds is 32. The van der Waals surface area contributed by atoms with Crippen molar-refractivity contribution < 1.29 is 100.0 Å². The van der Waals surface area contributed by atoms with Gasteiger partial charge in [-0.3, -0.25) is 19.2 Å². The molecule has 0 fully saturated rings. The van der Waals surface area contributed by atoms with E-state index in [1.54, 1.807) is 0 Å². The van der Waals surface area contributed by atoms with Crippen LogP contribution in [0, 0.1) is 95.9 Å². The van der Waals surface area contributed by atoms with Gasteiger partial charge in [0, 0.05) is 83.0 Å². The van der Waals surface area contributed by atoms with Crippen LogP contribution in [0.3, 0.4) is 0 Å². The molecule has 10 nitrogen and oxygen atoms in total. The van der Waals surface area contributed by atoms with Crippen LogP contribution >= 0.6 is 0 Å². The first-order valence-electron chi connectivity index (χ1n) is 23.3. The molecule has 0 rings (SSSR count). The zero-order valence-corrected chi connectivity index (χ0v) is 48.0. The van der Waals surface area contributed by atoms with Crippen LogP contribution in [0.5, 0.6) is 0 Å². The Balaban J connectivity index is -0.000000162. The van der Waals surface area contributed by atoms with Crippen LogP contribution in [-0.4, -0.2) is 60.4 Å². The van der Waals surface area contributed by atoms with Gasteiger partial charge >= 0.3 is 0 Å². The Kier molecular flexibility index (Phi) is 70.8. The monoisotopic (exact) mass is 1110 g/mol. The minimum Gasteiger partial charge on any atom is -0.540 e. The van der Waals surface area contributed by atoms with Crippen molar-refractivity contribution in [1.82, 2.24) is 21.3 Å². The third-order valence-electron chi connectivity index (χ3n) is 9.45. The fourth-order valence-corrected chi connectivity index (χ4v) is 5.71. The molecule has 4 amide bonds. The molecule has 358 valence electrons. The van der Waals surface area contributed by atoms with Crippen LogP contribution in [0.15, 0.2) is 0 Å². The molecule has 0 aromatic carbocycles. The number of nitrogens with one attached hydrogen (secondary N) is 4. The molecule has 4 N–H and O–H groups in total. The Morgan fingerprint density at radius 3 is 0.885 bits per heavy atom. The molecule has 6 atom stereocenters. The van der Waals surface area contributed by atoms with E-state index in [4.69, 9.17) is 0 Å². The summed E-state index contributed by atoms with van der Waals surface area (Å²) in [6.45, 7) is 24.4. The smallest absolute Gasteiger partial charge is 0.240 e. The first kappa shape index (κ1) is 74.9. The average molecular weight is 1120 g/mol. The van der Waals surface area contributed by atoms with Gasteiger partial charge in [-0.05, 0) is 25.7 Å². The summed E-state index contributed by atoms with van der Waals surface area (Å²) in [7, 11) is 0. The van der Waals surface area contributed by atoms with E-state index >= 15 is 0 Å². The van der Waals surface area contributed by atoms with E-state index in [0.717, 1.165) is 116 Å². The number of carbonyl (C=O) groups excluding carboxylic acids is 6. The van der Waals surface area contributed by atoms with Crippen LogP contribution in [0.25, 0.3) is 0 Å². The third kappa shape index (κ3) is 48.9. The molecule has 0 heterocycles. The van der Waals surface area contributed by atoms with Gasteiger partial charge in [0.1, 0.15) is 12.1 Å². The van der Waals surface area contributed by atoms with Crippen molar-refractivity contribution in [2.24, 2.45) is 11.8 Å². The second kappa shape index (κ2) is 57.6. The molecular formula is C49H96La2N4O6-4. The van der Waals surface area contributed by atoms with E-state index in [1.165, 1.54) is 0 Å². The summed E-state index contributed by atoms with van der Waals surface area (Å²) >= 11 is 0. The predicted octanol–water partition coefficient (Wildman–Crippen LogP) is 11.2. The SMILES string of the molecule is C.CCCCCC(C)C(=O)NC(CCCCC)C(=O)NC([C-]=O)CCCC.CCCCCC(C)C(=O)NC(CCCCC)C(=O)NC([C-]=O)CCCC.C[CH-]C.C[CH-]C.[La].[La]. The maximum Gasteiger partial charge on any atom is 0.240 e. The molecule has 12 heteroatoms. The number of amides is 4. The van der Waals surface area contributed by atoms with Gasteiger partial charge in [-0.15, -0.1) is 0 Å². The van der Waals surface area contributed by atoms with Crippen molar-refractivity contribution in [2.75, 3.05) is 0 Å². The van der Waals surface area contributed by atoms with E-state index in [-0.39, 0.29) is 114 Å². The first-order valence-corrected chi connectivity index (χ1v) is 23.3. The van der Waals surface area contributed by atoms with Gasteiger partial charge < -0.3 is 43.7 Å². The van der Waals surface area contributed by atoms with Crippen molar-refractivity contribution in [2.45, 2.75) is 256 Å². The Labute approximate surface area is 434 Å². The molecule has 0 saturated carbocycles. The quantitative estimate of drug-likeness (QED) is 0.0389. The Bertz CT molecular complexity index is 915. The van der Waals surface area contributed by atoms with Crippen LogP contribution in [0.4, 0.5) is 0 Å². The largest absolute Gasteiger partial charge is 0.540 e. The van der Waals surface area contributed by atoms with Gasteiger partial charge in [-0.1, -0.05) is 190 Å². The van der Waals surface area contributed by atoms with E-state index in [9.17, 15) is 28.8 Å². The van der Waals surface area contributed by atoms with E-state index in [2.05, 4.69) is 49.0 Å². The van der Waals surface area contributed by atoms with E-state index in [1.807, 2.05) is 80.8 Å². The minimum absolute atomic E-state index is 0. The molecule has 0 aliphatic carbocycles. The maximum atomic E-state index is 12.6. The number of unbranched alkanes of at least 4 members (excludes halogenated alkanes) is 10. The molecule has 0 aromatic heterocycles. The van der Waals surface area contributed by atoms with Gasteiger partial charge in [0.05, 0.1) is 0 Å². The van der Waals surface area contributed by atoms with Gasteiger partial charge in [-0.2, -0.15) is 27.7 Å². The van der Waals surface area contributed by atoms with Crippen LogP contribution in [0.2, 0.25) is 0 Å². The molecule has 0 bridgehead atoms. The molecule has 2 radical (unpaired) electrons. The van der Waals surface area contributed by atoms with Crippen molar-refractivity contribution >= 4 is 36.2 Å². The minimum atomic E-state index is -0.588. The summed E-state index contributed by atoms with van der Waals surface area (Å²) in [4.78, 5) is 72.2. The van der Waals surface area contributed by atoms with E-state index in [0.29, 0.717) is 25.7 Å². The topological polar surface area (TPSA) is 151 Å². The Morgan fingerprint density at radius 1 is 0.410 bits per heavy atom. The standard InChI is InChI=1S/2C21H39N2O3.2C3H7.CH4.2La/c2*1-5-8-11-13-17(4)20(25)23-19(15-12-9-6-2)21(26)22-18(16-24)14-10-7-3;2*1-3-2;;;/h2*17-19H,5-15H2,1-4H3,(H,22,26)(H,23,25);2*3H,1-2H3;1H4;;/q4*-1;;;. The number of carbonyl (C=O) groups is 4. The van der Waals surface area contributed by atoms with Crippen molar-refractivity contribution in [3.8, 4) is 0 Å². The van der Waals surface area contributed by atoms with Gasteiger partial charge in [0.25, 0.3) is 0 Å². The summed E-state index contributed by atoms with van der Waals surface area (Å²) in [6.07, 6.45) is 27.9. The molecular weight excluding hydrogens is 1020 g/mol. The predicted molar refractivity (Wildman–Crippen MR) is 251 cm³/mol. The summed E-state index contributed by atoms with van der Waals surface area (Å²) in [5.41, 5.74) is 0. The van der Waals surface area contributed by atoms with Gasteiger partial charge in [0.2, 0.25) is 23.6 Å². The Hall–Kier alpha value is -0.390. The zero-order valence-electron chi connectivity index (χ0n) is 40.8. The Morgan fingerprint density at radius 2 is 0.656 bits per heavy atom. The maximum absolute atomic E-state index is 12.6. The molecule has 0 aliphatic heterocycles. The van der Waals surface area contributed by atoms with E-state index < -0.39 is 24.2 Å². The fraction of sp³-hybridized carbons (Fsp3) is 0.837. The number of hydrogen-bond acceptors (Lipinski definition) is 6. The van der Waals surface area contributed by atoms with Gasteiger partial charge in [-0.25, -0.2) is 12.6 Å². The summed E-state index contributed by atoms with van der Waals surface area (Å²) < 4.78 is 0. The second-order valence-electron chi connectivity index (χ2n) is 15.7. The molecule has 0 spiro atoms. The van der Waals surface area contributed by atoms with Crippen LogP contribution in [-0.2, 0) is 28.8 Å². The molecule has 6 unspecified atom stereocenters. The zero-order chi connectivity index (χ0) is 45.0. The molecule has 0 aliphatic rings. The average Bonchev–Trinajstić information content (AvgIpc) is 3.20. The van der Waals surface area contributed by atoms with Crippen molar-refractivity contribution in [3.05, 3.63) is 12.8 Å². The summed E-state index contributed by atoms with van der Waals surface area (Å²) in [5, 5.41) is 11.3. The molecule has 61 heavy (non-hydrogen) atoms.